The second kappa shape index (κ2) is 7.14. The van der Waals surface area contributed by atoms with E-state index in [9.17, 15) is 14.0 Å². The number of anilines is 1. The van der Waals surface area contributed by atoms with E-state index in [1.807, 2.05) is 24.3 Å². The van der Waals surface area contributed by atoms with Crippen molar-refractivity contribution in [1.82, 2.24) is 4.90 Å². The number of carbonyl (C=O) groups excluding carboxylic acids is 2. The lowest BCUT2D eigenvalue weighted by Crippen LogP contribution is -2.43. The summed E-state index contributed by atoms with van der Waals surface area (Å²) in [6.45, 7) is 2.66. The SMILES string of the molecule is CC(=O)N1CCc2ccccc2C1CC(=O)N1CCCc2cccc(F)c21. The van der Waals surface area contributed by atoms with E-state index in [1.165, 1.54) is 11.6 Å². The Hall–Kier alpha value is -2.69. The first-order valence-electron chi connectivity index (χ1n) is 9.49. The quantitative estimate of drug-likeness (QED) is 0.814. The molecule has 2 aromatic rings. The highest BCUT2D eigenvalue weighted by molar-refractivity contribution is 5.95. The summed E-state index contributed by atoms with van der Waals surface area (Å²) in [5.74, 6) is -0.519. The van der Waals surface area contributed by atoms with Gasteiger partial charge in [0.25, 0.3) is 0 Å². The Bertz CT molecular complexity index is 896. The highest BCUT2D eigenvalue weighted by Gasteiger charge is 2.33. The molecule has 2 aliphatic heterocycles. The summed E-state index contributed by atoms with van der Waals surface area (Å²) in [5, 5.41) is 0. The van der Waals surface area contributed by atoms with Gasteiger partial charge in [0.1, 0.15) is 5.82 Å². The molecule has 0 N–H and O–H groups in total. The first-order valence-corrected chi connectivity index (χ1v) is 9.49. The van der Waals surface area contributed by atoms with Crippen molar-refractivity contribution in [3.8, 4) is 0 Å². The lowest BCUT2D eigenvalue weighted by molar-refractivity contribution is -0.133. The van der Waals surface area contributed by atoms with Gasteiger partial charge in [-0.1, -0.05) is 36.4 Å². The van der Waals surface area contributed by atoms with Gasteiger partial charge < -0.3 is 9.80 Å². The summed E-state index contributed by atoms with van der Waals surface area (Å²) in [5.41, 5.74) is 3.49. The Morgan fingerprint density at radius 2 is 1.81 bits per heavy atom. The zero-order chi connectivity index (χ0) is 19.0. The van der Waals surface area contributed by atoms with Crippen LogP contribution in [0, 0.1) is 5.82 Å². The van der Waals surface area contributed by atoms with Crippen molar-refractivity contribution in [2.75, 3.05) is 18.0 Å². The van der Waals surface area contributed by atoms with Crippen LogP contribution in [0.2, 0.25) is 0 Å². The third kappa shape index (κ3) is 3.22. The Labute approximate surface area is 158 Å². The van der Waals surface area contributed by atoms with Crippen LogP contribution in [0.25, 0.3) is 0 Å². The summed E-state index contributed by atoms with van der Waals surface area (Å²) in [6, 6.07) is 12.7. The molecular weight excluding hydrogens is 343 g/mol. The Morgan fingerprint density at radius 3 is 2.63 bits per heavy atom. The second-order valence-electron chi connectivity index (χ2n) is 7.28. The maximum Gasteiger partial charge on any atom is 0.229 e. The molecule has 2 heterocycles. The molecule has 1 atom stereocenters. The summed E-state index contributed by atoms with van der Waals surface area (Å²) >= 11 is 0. The lowest BCUT2D eigenvalue weighted by Gasteiger charge is -2.38. The molecule has 27 heavy (non-hydrogen) atoms. The molecule has 4 rings (SSSR count). The van der Waals surface area contributed by atoms with E-state index in [0.29, 0.717) is 18.8 Å². The van der Waals surface area contributed by atoms with Crippen molar-refractivity contribution in [2.24, 2.45) is 0 Å². The number of nitrogens with zero attached hydrogens (tertiary/aromatic N) is 2. The van der Waals surface area contributed by atoms with Gasteiger partial charge in [0, 0.05) is 20.0 Å². The van der Waals surface area contributed by atoms with E-state index in [4.69, 9.17) is 0 Å². The first kappa shape index (κ1) is 17.7. The highest BCUT2D eigenvalue weighted by atomic mass is 19.1. The van der Waals surface area contributed by atoms with E-state index in [2.05, 4.69) is 6.07 Å². The average Bonchev–Trinajstić information content (AvgIpc) is 2.67. The molecule has 0 saturated carbocycles. The van der Waals surface area contributed by atoms with Crippen LogP contribution in [0.4, 0.5) is 10.1 Å². The number of halogens is 1. The molecule has 1 unspecified atom stereocenters. The van der Waals surface area contributed by atoms with Crippen molar-refractivity contribution in [3.63, 3.8) is 0 Å². The normalized spacial score (nSPS) is 18.7. The molecule has 4 nitrogen and oxygen atoms in total. The standard InChI is InChI=1S/C22H23FN2O2/c1-15(26)24-13-11-16-6-2-3-9-18(16)20(24)14-21(27)25-12-5-8-17-7-4-10-19(23)22(17)25/h2-4,6-7,9-10,20H,5,8,11-14H2,1H3. The summed E-state index contributed by atoms with van der Waals surface area (Å²) in [7, 11) is 0. The van der Waals surface area contributed by atoms with Crippen LogP contribution < -0.4 is 4.90 Å². The zero-order valence-electron chi connectivity index (χ0n) is 15.5. The minimum Gasteiger partial charge on any atom is -0.335 e. The maximum atomic E-state index is 14.4. The van der Waals surface area contributed by atoms with Gasteiger partial charge in [0.05, 0.1) is 18.2 Å². The first-order chi connectivity index (χ1) is 13.1. The minimum absolute atomic E-state index is 0.0347. The van der Waals surface area contributed by atoms with Crippen LogP contribution in [0.5, 0.6) is 0 Å². The van der Waals surface area contributed by atoms with E-state index in [0.717, 1.165) is 30.4 Å². The number of hydrogen-bond donors (Lipinski definition) is 0. The molecule has 0 fully saturated rings. The Kier molecular flexibility index (Phi) is 4.68. The van der Waals surface area contributed by atoms with Crippen LogP contribution in [-0.4, -0.2) is 29.8 Å². The molecule has 140 valence electrons. The van der Waals surface area contributed by atoms with Crippen molar-refractivity contribution >= 4 is 17.5 Å². The summed E-state index contributed by atoms with van der Waals surface area (Å²) < 4.78 is 14.4. The number of amides is 2. The molecule has 0 radical (unpaired) electrons. The zero-order valence-corrected chi connectivity index (χ0v) is 15.5. The number of fused-ring (bicyclic) bond motifs is 2. The molecule has 0 spiro atoms. The number of rotatable bonds is 2. The van der Waals surface area contributed by atoms with Crippen LogP contribution in [0.1, 0.15) is 42.5 Å². The number of carbonyl (C=O) groups is 2. The number of aryl methyl sites for hydroxylation is 1. The predicted octanol–water partition coefficient (Wildman–Crippen LogP) is 3.64. The van der Waals surface area contributed by atoms with Crippen molar-refractivity contribution < 1.29 is 14.0 Å². The Morgan fingerprint density at radius 1 is 1.04 bits per heavy atom. The van der Waals surface area contributed by atoms with Crippen molar-refractivity contribution in [3.05, 3.63) is 65.0 Å². The molecule has 5 heteroatoms. The maximum absolute atomic E-state index is 14.4. The summed E-state index contributed by atoms with van der Waals surface area (Å²) in [6.07, 6.45) is 2.56. The number of benzene rings is 2. The van der Waals surface area contributed by atoms with Crippen LogP contribution >= 0.6 is 0 Å². The molecule has 0 saturated heterocycles. The van der Waals surface area contributed by atoms with Crippen LogP contribution in [-0.2, 0) is 22.4 Å². The topological polar surface area (TPSA) is 40.6 Å². The van der Waals surface area contributed by atoms with Crippen molar-refractivity contribution in [1.29, 1.82) is 0 Å². The lowest BCUT2D eigenvalue weighted by atomic mass is 9.90. The highest BCUT2D eigenvalue weighted by Crippen LogP contribution is 2.35. The molecule has 2 aromatic carbocycles. The number of hydrogen-bond acceptors (Lipinski definition) is 2. The van der Waals surface area contributed by atoms with E-state index in [1.54, 1.807) is 22.8 Å². The van der Waals surface area contributed by atoms with E-state index in [-0.39, 0.29) is 30.1 Å². The minimum atomic E-state index is -0.354. The second-order valence-corrected chi connectivity index (χ2v) is 7.28. The van der Waals surface area contributed by atoms with Gasteiger partial charge in [-0.3, -0.25) is 9.59 Å². The van der Waals surface area contributed by atoms with Crippen LogP contribution in [0.15, 0.2) is 42.5 Å². The van der Waals surface area contributed by atoms with Gasteiger partial charge >= 0.3 is 0 Å². The van der Waals surface area contributed by atoms with Crippen LogP contribution in [0.3, 0.4) is 0 Å². The van der Waals surface area contributed by atoms with Gasteiger partial charge in [-0.2, -0.15) is 0 Å². The fourth-order valence-corrected chi connectivity index (χ4v) is 4.38. The van der Waals surface area contributed by atoms with E-state index < -0.39 is 0 Å². The van der Waals surface area contributed by atoms with Crippen molar-refractivity contribution in [2.45, 2.75) is 38.6 Å². The van der Waals surface area contributed by atoms with Gasteiger partial charge in [-0.15, -0.1) is 0 Å². The third-order valence-electron chi connectivity index (χ3n) is 5.65. The molecule has 2 aliphatic rings. The summed E-state index contributed by atoms with van der Waals surface area (Å²) in [4.78, 5) is 28.7. The molecule has 0 aliphatic carbocycles. The van der Waals surface area contributed by atoms with Gasteiger partial charge in [0.2, 0.25) is 11.8 Å². The molecule has 0 bridgehead atoms. The fraction of sp³-hybridized carbons (Fsp3) is 0.364. The average molecular weight is 366 g/mol. The van der Waals surface area contributed by atoms with Gasteiger partial charge in [-0.25, -0.2) is 4.39 Å². The largest absolute Gasteiger partial charge is 0.335 e. The monoisotopic (exact) mass is 366 g/mol. The Balaban J connectivity index is 1.66. The predicted molar refractivity (Wildman–Crippen MR) is 102 cm³/mol. The number of para-hydroxylation sites is 1. The fourth-order valence-electron chi connectivity index (χ4n) is 4.38. The third-order valence-corrected chi connectivity index (χ3v) is 5.65. The molecular formula is C22H23FN2O2. The van der Waals surface area contributed by atoms with Gasteiger partial charge in [0.15, 0.2) is 0 Å². The molecule has 0 aromatic heterocycles. The van der Waals surface area contributed by atoms with E-state index >= 15 is 0 Å². The molecule has 2 amide bonds. The van der Waals surface area contributed by atoms with Gasteiger partial charge in [-0.05, 0) is 42.0 Å². The smallest absolute Gasteiger partial charge is 0.229 e.